The lowest BCUT2D eigenvalue weighted by molar-refractivity contribution is -0.192. The van der Waals surface area contributed by atoms with Gasteiger partial charge in [-0.25, -0.2) is 9.78 Å². The second kappa shape index (κ2) is 8.61. The van der Waals surface area contributed by atoms with Gasteiger partial charge in [-0.15, -0.1) is 0 Å². The molecule has 0 saturated carbocycles. The van der Waals surface area contributed by atoms with Crippen molar-refractivity contribution >= 4 is 39.5 Å². The number of aliphatic carboxylic acids is 1. The quantitative estimate of drug-likeness (QED) is 0.434. The second-order valence-electron chi connectivity index (χ2n) is 6.69. The van der Waals surface area contributed by atoms with Gasteiger partial charge in [-0.1, -0.05) is 18.2 Å². The first-order chi connectivity index (χ1) is 15.1. The zero-order valence-electron chi connectivity index (χ0n) is 17.4. The molecular formula is C21H20F3N5O3. The van der Waals surface area contributed by atoms with Crippen LogP contribution in [0, 0.1) is 0 Å². The number of methoxy groups -OCH3 is 1. The summed E-state index contributed by atoms with van der Waals surface area (Å²) in [5, 5.41) is 12.3. The van der Waals surface area contributed by atoms with Crippen LogP contribution in [0.5, 0.6) is 5.75 Å². The molecule has 0 bridgehead atoms. The Morgan fingerprint density at radius 2 is 1.84 bits per heavy atom. The van der Waals surface area contributed by atoms with Crippen LogP contribution >= 0.6 is 0 Å². The summed E-state index contributed by atoms with van der Waals surface area (Å²) < 4.78 is 39.4. The molecule has 0 fully saturated rings. The van der Waals surface area contributed by atoms with Crippen molar-refractivity contribution in [3.63, 3.8) is 0 Å². The molecule has 0 aliphatic rings. The summed E-state index contributed by atoms with van der Waals surface area (Å²) in [7, 11) is 5.55. The number of nitrogen functional groups attached to an aromatic ring is 1. The Labute approximate surface area is 180 Å². The molecule has 0 saturated heterocycles. The van der Waals surface area contributed by atoms with E-state index in [0.29, 0.717) is 0 Å². The smallest absolute Gasteiger partial charge is 0.490 e. The number of carbonyl (C=O) groups is 1. The van der Waals surface area contributed by atoms with Crippen molar-refractivity contribution < 1.29 is 27.8 Å². The lowest BCUT2D eigenvalue weighted by Crippen LogP contribution is -2.21. The third kappa shape index (κ3) is 4.22. The topological polar surface area (TPSA) is 115 Å². The van der Waals surface area contributed by atoms with E-state index in [2.05, 4.69) is 38.1 Å². The van der Waals surface area contributed by atoms with Crippen LogP contribution in [0.1, 0.15) is 0 Å². The van der Waals surface area contributed by atoms with Gasteiger partial charge < -0.3 is 25.5 Å². The Bertz CT molecular complexity index is 1300. The largest absolute Gasteiger partial charge is 0.496 e. The van der Waals surface area contributed by atoms with Gasteiger partial charge in [-0.2, -0.15) is 18.2 Å². The van der Waals surface area contributed by atoms with E-state index in [-0.39, 0.29) is 5.95 Å². The predicted molar refractivity (Wildman–Crippen MR) is 116 cm³/mol. The minimum absolute atomic E-state index is 0.248. The SMILES string of the molecule is CNc1nc(N)nc2cc(-c3ccccc3OC)c3c(ccn3C)c12.O=C(O)C(F)(F)F. The van der Waals surface area contributed by atoms with Gasteiger partial charge in [0.2, 0.25) is 5.95 Å². The second-order valence-corrected chi connectivity index (χ2v) is 6.69. The van der Waals surface area contributed by atoms with Gasteiger partial charge in [-0.3, -0.25) is 0 Å². The highest BCUT2D eigenvalue weighted by atomic mass is 19.4. The average molecular weight is 447 g/mol. The van der Waals surface area contributed by atoms with Crippen molar-refractivity contribution in [1.29, 1.82) is 0 Å². The van der Waals surface area contributed by atoms with Crippen molar-refractivity contribution in [1.82, 2.24) is 14.5 Å². The summed E-state index contributed by atoms with van der Waals surface area (Å²) in [5.74, 6) is -0.962. The molecule has 2 aromatic carbocycles. The maximum atomic E-state index is 10.6. The van der Waals surface area contributed by atoms with Crippen molar-refractivity contribution in [2.45, 2.75) is 6.18 Å². The van der Waals surface area contributed by atoms with Gasteiger partial charge in [0, 0.05) is 36.8 Å². The highest BCUT2D eigenvalue weighted by molar-refractivity contribution is 6.16. The fourth-order valence-corrected chi connectivity index (χ4v) is 3.39. The molecule has 0 atom stereocenters. The number of fused-ring (bicyclic) bond motifs is 3. The van der Waals surface area contributed by atoms with Crippen LogP contribution in [0.25, 0.3) is 32.9 Å². The summed E-state index contributed by atoms with van der Waals surface area (Å²) in [6.07, 6.45) is -3.04. The summed E-state index contributed by atoms with van der Waals surface area (Å²) in [6.45, 7) is 0. The molecule has 2 heterocycles. The fraction of sp³-hybridized carbons (Fsp3) is 0.190. The molecule has 4 aromatic rings. The van der Waals surface area contributed by atoms with E-state index in [0.717, 1.165) is 44.5 Å². The standard InChI is InChI=1S/C19H19N5O.C2HF3O2/c1-21-18-16-12-8-9-24(2)17(12)13(10-14(16)22-19(20)23-18)11-6-4-5-7-15(11)25-3;3-2(4,5)1(6)7/h4-10H,1-3H3,(H3,20,21,22,23);(H,6,7). The van der Waals surface area contributed by atoms with Gasteiger partial charge in [0.25, 0.3) is 0 Å². The highest BCUT2D eigenvalue weighted by Gasteiger charge is 2.38. The number of carboxylic acids is 1. The minimum Gasteiger partial charge on any atom is -0.496 e. The number of hydrogen-bond donors (Lipinski definition) is 3. The van der Waals surface area contributed by atoms with E-state index in [1.165, 1.54) is 0 Å². The number of carboxylic acid groups (broad SMARTS) is 1. The number of aromatic nitrogens is 3. The number of anilines is 2. The molecule has 0 radical (unpaired) electrons. The molecular weight excluding hydrogens is 427 g/mol. The molecule has 0 amide bonds. The number of halogens is 3. The van der Waals surface area contributed by atoms with E-state index in [9.17, 15) is 13.2 Å². The highest BCUT2D eigenvalue weighted by Crippen LogP contribution is 2.40. The molecule has 2 aromatic heterocycles. The Balaban J connectivity index is 0.000000360. The number of hydrogen-bond acceptors (Lipinski definition) is 6. The minimum atomic E-state index is -5.08. The summed E-state index contributed by atoms with van der Waals surface area (Å²) in [4.78, 5) is 17.7. The molecule has 0 unspecified atom stereocenters. The zero-order chi connectivity index (χ0) is 23.6. The monoisotopic (exact) mass is 447 g/mol. The number of rotatable bonds is 3. The third-order valence-corrected chi connectivity index (χ3v) is 4.71. The third-order valence-electron chi connectivity index (χ3n) is 4.71. The molecule has 4 rings (SSSR count). The molecule has 0 aliphatic carbocycles. The van der Waals surface area contributed by atoms with Crippen molar-refractivity contribution in [2.24, 2.45) is 7.05 Å². The van der Waals surface area contributed by atoms with E-state index in [1.54, 1.807) is 7.11 Å². The first-order valence-corrected chi connectivity index (χ1v) is 9.25. The number of ether oxygens (including phenoxy) is 1. The maximum absolute atomic E-state index is 10.6. The zero-order valence-corrected chi connectivity index (χ0v) is 17.4. The van der Waals surface area contributed by atoms with Crippen LogP contribution in [0.4, 0.5) is 24.9 Å². The van der Waals surface area contributed by atoms with E-state index >= 15 is 0 Å². The Morgan fingerprint density at radius 3 is 2.44 bits per heavy atom. The van der Waals surface area contributed by atoms with Crippen molar-refractivity contribution in [2.75, 3.05) is 25.2 Å². The maximum Gasteiger partial charge on any atom is 0.490 e. The first-order valence-electron chi connectivity index (χ1n) is 9.25. The predicted octanol–water partition coefficient (Wildman–Crippen LogP) is 4.05. The fourth-order valence-electron chi connectivity index (χ4n) is 3.39. The van der Waals surface area contributed by atoms with Gasteiger partial charge in [0.05, 0.1) is 23.5 Å². The van der Waals surface area contributed by atoms with E-state index in [4.69, 9.17) is 20.4 Å². The normalized spacial score (nSPS) is 11.2. The summed E-state index contributed by atoms with van der Waals surface area (Å²) in [5.41, 5.74) is 9.87. The summed E-state index contributed by atoms with van der Waals surface area (Å²) >= 11 is 0. The van der Waals surface area contributed by atoms with Crippen LogP contribution in [-0.4, -0.2) is 45.9 Å². The van der Waals surface area contributed by atoms with Crippen molar-refractivity contribution in [3.05, 3.63) is 42.6 Å². The van der Waals surface area contributed by atoms with E-state index < -0.39 is 12.1 Å². The molecule has 0 aliphatic heterocycles. The molecule has 11 heteroatoms. The Morgan fingerprint density at radius 1 is 1.19 bits per heavy atom. The molecule has 8 nitrogen and oxygen atoms in total. The molecule has 4 N–H and O–H groups in total. The molecule has 0 spiro atoms. The number of para-hydroxylation sites is 1. The van der Waals surface area contributed by atoms with Gasteiger partial charge >= 0.3 is 12.1 Å². The Kier molecular flexibility index (Phi) is 6.10. The van der Waals surface area contributed by atoms with Crippen LogP contribution in [0.2, 0.25) is 0 Å². The van der Waals surface area contributed by atoms with Gasteiger partial charge in [0.1, 0.15) is 11.6 Å². The van der Waals surface area contributed by atoms with Crippen LogP contribution < -0.4 is 15.8 Å². The number of nitrogens with two attached hydrogens (primary N) is 1. The number of benzene rings is 2. The average Bonchev–Trinajstić information content (AvgIpc) is 3.13. The number of aryl methyl sites for hydroxylation is 1. The van der Waals surface area contributed by atoms with Crippen LogP contribution in [0.15, 0.2) is 42.6 Å². The number of alkyl halides is 3. The molecule has 32 heavy (non-hydrogen) atoms. The van der Waals surface area contributed by atoms with Crippen LogP contribution in [-0.2, 0) is 11.8 Å². The molecule has 168 valence electrons. The lowest BCUT2D eigenvalue weighted by Gasteiger charge is -2.14. The van der Waals surface area contributed by atoms with Gasteiger partial charge in [-0.05, 0) is 18.2 Å². The van der Waals surface area contributed by atoms with E-state index in [1.807, 2.05) is 38.5 Å². The van der Waals surface area contributed by atoms with Crippen molar-refractivity contribution in [3.8, 4) is 16.9 Å². The number of nitrogens with zero attached hydrogens (tertiary/aromatic N) is 3. The lowest BCUT2D eigenvalue weighted by atomic mass is 9.99. The Hall–Kier alpha value is -4.02. The number of nitrogens with one attached hydrogen (secondary N) is 1. The summed E-state index contributed by atoms with van der Waals surface area (Å²) in [6, 6.07) is 12.1. The first kappa shape index (κ1) is 22.7. The van der Waals surface area contributed by atoms with Crippen LogP contribution in [0.3, 0.4) is 0 Å². The van der Waals surface area contributed by atoms with Gasteiger partial charge in [0.15, 0.2) is 0 Å².